The Balaban J connectivity index is 2.53. The van der Waals surface area contributed by atoms with Crippen molar-refractivity contribution in [2.45, 2.75) is 24.4 Å². The molecule has 0 aromatic heterocycles. The van der Waals surface area contributed by atoms with E-state index in [0.29, 0.717) is 6.10 Å². The second-order valence-corrected chi connectivity index (χ2v) is 2.94. The van der Waals surface area contributed by atoms with Gasteiger partial charge in [-0.2, -0.15) is 12.6 Å². The van der Waals surface area contributed by atoms with Gasteiger partial charge in [-0.3, -0.25) is 0 Å². The first-order valence-electron chi connectivity index (χ1n) is 3.14. The van der Waals surface area contributed by atoms with Crippen molar-refractivity contribution in [2.75, 3.05) is 6.61 Å². The summed E-state index contributed by atoms with van der Waals surface area (Å²) in [5.41, 5.74) is 0. The fourth-order valence-electron chi connectivity index (χ4n) is 0.967. The van der Waals surface area contributed by atoms with Crippen LogP contribution in [0.2, 0.25) is 0 Å². The Labute approximate surface area is 65.4 Å². The molecule has 3 atom stereocenters. The van der Waals surface area contributed by atoms with Gasteiger partial charge in [0.15, 0.2) is 0 Å². The molecule has 0 unspecified atom stereocenters. The highest BCUT2D eigenvalue weighted by Gasteiger charge is 2.39. The lowest BCUT2D eigenvalue weighted by atomic mass is 10.1. The summed E-state index contributed by atoms with van der Waals surface area (Å²) >= 11 is 4.07. The lowest BCUT2D eigenvalue weighted by molar-refractivity contribution is 0.00736. The van der Waals surface area contributed by atoms with E-state index in [0.717, 1.165) is 0 Å². The van der Waals surface area contributed by atoms with Gasteiger partial charge in [0.25, 0.3) is 0 Å². The molecule has 3 nitrogen and oxygen atoms in total. The fraction of sp³-hybridized carbons (Fsp3) is 0.833. The number of aliphatic hydroxyl groups is 2. The van der Waals surface area contributed by atoms with E-state index in [9.17, 15) is 5.11 Å². The van der Waals surface area contributed by atoms with E-state index in [4.69, 9.17) is 9.84 Å². The fourth-order valence-corrected chi connectivity index (χ4v) is 1.22. The van der Waals surface area contributed by atoms with Gasteiger partial charge < -0.3 is 14.9 Å². The zero-order valence-electron chi connectivity index (χ0n) is 5.69. The minimum absolute atomic E-state index is 0.157. The number of aliphatic hydroxyl groups excluding tert-OH is 2. The predicted molar refractivity (Wildman–Crippen MR) is 39.7 cm³/mol. The Kier molecular flexibility index (Phi) is 2.57. The van der Waals surface area contributed by atoms with Crippen molar-refractivity contribution >= 4 is 12.6 Å². The third-order valence-electron chi connectivity index (χ3n) is 1.64. The van der Waals surface area contributed by atoms with Crippen LogP contribution in [-0.4, -0.2) is 34.3 Å². The highest BCUT2D eigenvalue weighted by atomic mass is 32.1. The lowest BCUT2D eigenvalue weighted by Crippen LogP contribution is -2.29. The van der Waals surface area contributed by atoms with E-state index in [2.05, 4.69) is 12.6 Å². The minimum Gasteiger partial charge on any atom is -0.394 e. The zero-order valence-corrected chi connectivity index (χ0v) is 6.58. The van der Waals surface area contributed by atoms with Crippen molar-refractivity contribution in [1.82, 2.24) is 0 Å². The summed E-state index contributed by atoms with van der Waals surface area (Å²) in [4.78, 5) is 0. The summed E-state index contributed by atoms with van der Waals surface area (Å²) in [5, 5.41) is 17.6. The third kappa shape index (κ3) is 1.29. The molecule has 4 heteroatoms. The Morgan fingerprint density at radius 1 is 1.70 bits per heavy atom. The Morgan fingerprint density at radius 2 is 2.30 bits per heavy atom. The number of ether oxygens (including phenoxy) is 1. The molecule has 0 bridgehead atoms. The summed E-state index contributed by atoms with van der Waals surface area (Å²) < 4.78 is 5.08. The Bertz CT molecular complexity index is 120. The van der Waals surface area contributed by atoms with Gasteiger partial charge >= 0.3 is 0 Å². The highest BCUT2D eigenvalue weighted by molar-refractivity contribution is 7.81. The molecule has 0 aromatic rings. The second kappa shape index (κ2) is 3.09. The SMILES string of the molecule is C[C]1O[C@H](CO)[C@@H](O)[C@H]1S. The molecule has 0 aromatic carbocycles. The van der Waals surface area contributed by atoms with Gasteiger partial charge in [-0.1, -0.05) is 0 Å². The third-order valence-corrected chi connectivity index (χ3v) is 2.31. The molecule has 0 saturated carbocycles. The molecule has 1 rings (SSSR count). The highest BCUT2D eigenvalue weighted by Crippen LogP contribution is 2.29. The van der Waals surface area contributed by atoms with Crippen molar-refractivity contribution < 1.29 is 14.9 Å². The van der Waals surface area contributed by atoms with Gasteiger partial charge in [0.2, 0.25) is 0 Å². The Hall–Kier alpha value is 0.230. The molecule has 2 N–H and O–H groups in total. The second-order valence-electron chi connectivity index (χ2n) is 2.38. The van der Waals surface area contributed by atoms with Gasteiger partial charge in [-0.05, 0) is 6.92 Å². The van der Waals surface area contributed by atoms with E-state index in [1.54, 1.807) is 6.92 Å². The summed E-state index contributed by atoms with van der Waals surface area (Å²) in [6, 6.07) is 0. The molecule has 0 amide bonds. The van der Waals surface area contributed by atoms with Crippen LogP contribution in [0.1, 0.15) is 6.92 Å². The number of hydrogen-bond acceptors (Lipinski definition) is 4. The molecule has 1 heterocycles. The van der Waals surface area contributed by atoms with Gasteiger partial charge in [-0.15, -0.1) is 0 Å². The number of rotatable bonds is 1. The standard InChI is InChI=1S/C6H11O3S/c1-3-6(10)5(8)4(2-7)9-3/h4-8,10H,2H2,1H3/t4-,5-,6+/m1/s1. The average Bonchev–Trinajstić information content (AvgIpc) is 2.17. The van der Waals surface area contributed by atoms with E-state index in [1.807, 2.05) is 0 Å². The molecule has 0 spiro atoms. The van der Waals surface area contributed by atoms with Gasteiger partial charge in [0, 0.05) is 0 Å². The molecule has 1 saturated heterocycles. The molecule has 1 aliphatic heterocycles. The first-order valence-corrected chi connectivity index (χ1v) is 3.65. The topological polar surface area (TPSA) is 49.7 Å². The summed E-state index contributed by atoms with van der Waals surface area (Å²) in [6.07, 6.45) is -0.481. The van der Waals surface area contributed by atoms with Crippen LogP contribution in [0.3, 0.4) is 0 Å². The van der Waals surface area contributed by atoms with Crippen LogP contribution in [-0.2, 0) is 4.74 Å². The zero-order chi connectivity index (χ0) is 7.72. The van der Waals surface area contributed by atoms with E-state index >= 15 is 0 Å². The normalized spacial score (nSPS) is 42.6. The van der Waals surface area contributed by atoms with Crippen LogP contribution in [0.15, 0.2) is 0 Å². The molecule has 59 valence electrons. The van der Waals surface area contributed by atoms with E-state index in [1.165, 1.54) is 0 Å². The molecule has 10 heavy (non-hydrogen) atoms. The molecule has 1 fully saturated rings. The van der Waals surface area contributed by atoms with Crippen molar-refractivity contribution in [2.24, 2.45) is 0 Å². The van der Waals surface area contributed by atoms with Gasteiger partial charge in [0.1, 0.15) is 12.2 Å². The number of thiol groups is 1. The first kappa shape index (κ1) is 8.33. The van der Waals surface area contributed by atoms with Crippen molar-refractivity contribution in [3.8, 4) is 0 Å². The minimum atomic E-state index is -0.673. The van der Waals surface area contributed by atoms with Crippen LogP contribution in [0.4, 0.5) is 0 Å². The number of hydrogen-bond donors (Lipinski definition) is 3. The van der Waals surface area contributed by atoms with Crippen LogP contribution < -0.4 is 0 Å². The average molecular weight is 163 g/mol. The summed E-state index contributed by atoms with van der Waals surface area (Å²) in [5.74, 6) is 0. The van der Waals surface area contributed by atoms with E-state index in [-0.39, 0.29) is 11.9 Å². The van der Waals surface area contributed by atoms with Crippen LogP contribution in [0.5, 0.6) is 0 Å². The first-order chi connectivity index (χ1) is 4.66. The van der Waals surface area contributed by atoms with Crippen LogP contribution >= 0.6 is 12.6 Å². The monoisotopic (exact) mass is 163 g/mol. The molecule has 1 aliphatic rings. The quantitative estimate of drug-likeness (QED) is 0.460. The maximum absolute atomic E-state index is 9.25. The molecule has 0 aliphatic carbocycles. The lowest BCUT2D eigenvalue weighted by Gasteiger charge is -2.10. The predicted octanol–water partition coefficient (Wildman–Crippen LogP) is -0.411. The van der Waals surface area contributed by atoms with Crippen LogP contribution in [0.25, 0.3) is 0 Å². The maximum atomic E-state index is 9.25. The Morgan fingerprint density at radius 3 is 2.50 bits per heavy atom. The van der Waals surface area contributed by atoms with Gasteiger partial charge in [-0.25, -0.2) is 0 Å². The summed E-state index contributed by atoms with van der Waals surface area (Å²) in [7, 11) is 0. The van der Waals surface area contributed by atoms with Gasteiger partial charge in [0.05, 0.1) is 18.0 Å². The van der Waals surface area contributed by atoms with Crippen molar-refractivity contribution in [1.29, 1.82) is 0 Å². The van der Waals surface area contributed by atoms with E-state index < -0.39 is 12.2 Å². The van der Waals surface area contributed by atoms with Crippen molar-refractivity contribution in [3.63, 3.8) is 0 Å². The van der Waals surface area contributed by atoms with Crippen LogP contribution in [0, 0.1) is 6.10 Å². The molecule has 1 radical (unpaired) electrons. The molecular weight excluding hydrogens is 152 g/mol. The smallest absolute Gasteiger partial charge is 0.110 e. The maximum Gasteiger partial charge on any atom is 0.110 e. The van der Waals surface area contributed by atoms with Crippen molar-refractivity contribution in [3.05, 3.63) is 6.10 Å². The largest absolute Gasteiger partial charge is 0.394 e. The molecular formula is C6H11O3S. The summed E-state index contributed by atoms with van der Waals surface area (Å²) in [6.45, 7) is 1.59.